The topological polar surface area (TPSA) is 71.8 Å². The van der Waals surface area contributed by atoms with E-state index in [-0.39, 0.29) is 0 Å². The van der Waals surface area contributed by atoms with E-state index in [1.165, 1.54) is 11.8 Å². The van der Waals surface area contributed by atoms with E-state index < -0.39 is 5.63 Å². The second kappa shape index (κ2) is 8.99. The predicted molar refractivity (Wildman–Crippen MR) is 131 cm³/mol. The van der Waals surface area contributed by atoms with Crippen LogP contribution in [-0.4, -0.2) is 9.55 Å². The van der Waals surface area contributed by atoms with Crippen LogP contribution in [0.25, 0.3) is 27.9 Å². The molecule has 2 heterocycles. The number of aromatic nitrogens is 2. The molecule has 0 aliphatic heterocycles. The van der Waals surface area contributed by atoms with E-state index in [2.05, 4.69) is 6.07 Å². The second-order valence-electron chi connectivity index (χ2n) is 7.30. The Morgan fingerprint density at radius 1 is 1.03 bits per heavy atom. The minimum absolute atomic E-state index is 0.390. The van der Waals surface area contributed by atoms with Crippen molar-refractivity contribution in [2.75, 3.05) is 0 Å². The third kappa shape index (κ3) is 4.29. The second-order valence-corrected chi connectivity index (χ2v) is 8.68. The SMILES string of the molecule is N#Cc1ccccc1CSc1nc(-c2cc3ccccc3oc2=O)cn1-c1ccc(Cl)cc1. The molecule has 0 saturated carbocycles. The highest BCUT2D eigenvalue weighted by atomic mass is 35.5. The van der Waals surface area contributed by atoms with Gasteiger partial charge in [0.2, 0.25) is 0 Å². The molecule has 5 aromatic rings. The molecular weight excluding hydrogens is 454 g/mol. The third-order valence-electron chi connectivity index (χ3n) is 5.19. The summed E-state index contributed by atoms with van der Waals surface area (Å²) in [6.45, 7) is 0. The number of fused-ring (bicyclic) bond motifs is 1. The van der Waals surface area contributed by atoms with E-state index in [9.17, 15) is 10.1 Å². The molecule has 0 aliphatic carbocycles. The molecule has 0 aliphatic rings. The Morgan fingerprint density at radius 2 is 1.79 bits per heavy atom. The lowest BCUT2D eigenvalue weighted by Gasteiger charge is -2.08. The Kier molecular flexibility index (Phi) is 5.74. The van der Waals surface area contributed by atoms with Gasteiger partial charge < -0.3 is 4.42 Å². The van der Waals surface area contributed by atoms with Gasteiger partial charge in [-0.3, -0.25) is 4.57 Å². The number of imidazole rings is 1. The van der Waals surface area contributed by atoms with Gasteiger partial charge in [-0.2, -0.15) is 5.26 Å². The van der Waals surface area contributed by atoms with E-state index in [0.29, 0.717) is 38.3 Å². The van der Waals surface area contributed by atoms with Crippen molar-refractivity contribution in [1.29, 1.82) is 5.26 Å². The highest BCUT2D eigenvalue weighted by Gasteiger charge is 2.16. The smallest absolute Gasteiger partial charge is 0.345 e. The number of rotatable bonds is 5. The standard InChI is InChI=1S/C26H16ClN3O2S/c27-20-9-11-21(12-10-20)30-15-23(22-13-17-5-3-4-8-24(17)32-25(22)31)29-26(30)33-16-19-7-2-1-6-18(19)14-28/h1-13,15H,16H2. The van der Waals surface area contributed by atoms with Gasteiger partial charge >= 0.3 is 5.63 Å². The van der Waals surface area contributed by atoms with E-state index in [4.69, 9.17) is 21.0 Å². The van der Waals surface area contributed by atoms with Gasteiger partial charge in [0.05, 0.1) is 22.9 Å². The van der Waals surface area contributed by atoms with Gasteiger partial charge in [0, 0.05) is 28.0 Å². The molecule has 5 rings (SSSR count). The number of para-hydroxylation sites is 1. The molecule has 5 nitrogen and oxygen atoms in total. The summed E-state index contributed by atoms with van der Waals surface area (Å²) in [5, 5.41) is 11.5. The van der Waals surface area contributed by atoms with Gasteiger partial charge in [-0.1, -0.05) is 59.8 Å². The molecule has 0 radical (unpaired) electrons. The van der Waals surface area contributed by atoms with Crippen molar-refractivity contribution >= 4 is 34.3 Å². The lowest BCUT2D eigenvalue weighted by Crippen LogP contribution is -2.02. The number of hydrogen-bond acceptors (Lipinski definition) is 5. The molecule has 0 unspecified atom stereocenters. The fourth-order valence-corrected chi connectivity index (χ4v) is 4.64. The monoisotopic (exact) mass is 469 g/mol. The van der Waals surface area contributed by atoms with Crippen molar-refractivity contribution in [1.82, 2.24) is 9.55 Å². The highest BCUT2D eigenvalue weighted by Crippen LogP contribution is 2.30. The van der Waals surface area contributed by atoms with Crippen LogP contribution in [-0.2, 0) is 5.75 Å². The lowest BCUT2D eigenvalue weighted by molar-refractivity contribution is 0.563. The molecule has 33 heavy (non-hydrogen) atoms. The largest absolute Gasteiger partial charge is 0.422 e. The van der Waals surface area contributed by atoms with Crippen molar-refractivity contribution < 1.29 is 4.42 Å². The maximum atomic E-state index is 12.7. The Hall–Kier alpha value is -3.79. The molecule has 0 fully saturated rings. The fourth-order valence-electron chi connectivity index (χ4n) is 3.52. The Morgan fingerprint density at radius 3 is 2.61 bits per heavy atom. The number of nitrogens with zero attached hydrogens (tertiary/aromatic N) is 3. The van der Waals surface area contributed by atoms with Crippen LogP contribution in [0, 0.1) is 11.3 Å². The Bertz CT molecular complexity index is 1570. The number of thioether (sulfide) groups is 1. The zero-order chi connectivity index (χ0) is 22.8. The molecule has 160 valence electrons. The van der Waals surface area contributed by atoms with Gasteiger partial charge in [-0.25, -0.2) is 9.78 Å². The van der Waals surface area contributed by atoms with Gasteiger partial charge in [-0.05, 0) is 48.0 Å². The zero-order valence-electron chi connectivity index (χ0n) is 17.2. The summed E-state index contributed by atoms with van der Waals surface area (Å²) in [6, 6.07) is 26.3. The molecule has 0 bridgehead atoms. The maximum Gasteiger partial charge on any atom is 0.345 e. The molecule has 0 N–H and O–H groups in total. The lowest BCUT2D eigenvalue weighted by atomic mass is 10.1. The molecule has 0 saturated heterocycles. The van der Waals surface area contributed by atoms with Crippen LogP contribution < -0.4 is 5.63 Å². The van der Waals surface area contributed by atoms with Gasteiger partial charge in [0.15, 0.2) is 5.16 Å². The van der Waals surface area contributed by atoms with Crippen molar-refractivity contribution in [3.63, 3.8) is 0 Å². The highest BCUT2D eigenvalue weighted by molar-refractivity contribution is 7.98. The van der Waals surface area contributed by atoms with Gasteiger partial charge in [-0.15, -0.1) is 0 Å². The summed E-state index contributed by atoms with van der Waals surface area (Å²) in [5.41, 5.74) is 3.40. The van der Waals surface area contributed by atoms with E-state index >= 15 is 0 Å². The van der Waals surface area contributed by atoms with Crippen molar-refractivity contribution in [3.8, 4) is 23.0 Å². The van der Waals surface area contributed by atoms with Crippen LogP contribution in [0.5, 0.6) is 0 Å². The molecule has 0 atom stereocenters. The first-order chi connectivity index (χ1) is 16.1. The number of hydrogen-bond donors (Lipinski definition) is 0. The van der Waals surface area contributed by atoms with Crippen LogP contribution in [0.3, 0.4) is 0 Å². The third-order valence-corrected chi connectivity index (χ3v) is 6.44. The molecule has 0 amide bonds. The number of benzene rings is 3. The van der Waals surface area contributed by atoms with E-state index in [1.54, 1.807) is 30.3 Å². The first-order valence-electron chi connectivity index (χ1n) is 10.1. The summed E-state index contributed by atoms with van der Waals surface area (Å²) in [5.74, 6) is 0.556. The minimum Gasteiger partial charge on any atom is -0.422 e. The summed E-state index contributed by atoms with van der Waals surface area (Å²) in [6.07, 6.45) is 1.82. The van der Waals surface area contributed by atoms with Gasteiger partial charge in [0.1, 0.15) is 5.58 Å². The summed E-state index contributed by atoms with van der Waals surface area (Å²) < 4.78 is 7.43. The Balaban J connectivity index is 1.59. The number of halogens is 1. The van der Waals surface area contributed by atoms with Crippen molar-refractivity contribution in [2.24, 2.45) is 0 Å². The van der Waals surface area contributed by atoms with E-state index in [0.717, 1.165) is 16.6 Å². The number of nitriles is 1. The molecule has 0 spiro atoms. The minimum atomic E-state index is -0.444. The van der Waals surface area contributed by atoms with E-state index in [1.807, 2.05) is 59.3 Å². The quantitative estimate of drug-likeness (QED) is 0.218. The van der Waals surface area contributed by atoms with Crippen LogP contribution in [0.4, 0.5) is 0 Å². The van der Waals surface area contributed by atoms with Crippen LogP contribution >= 0.6 is 23.4 Å². The first kappa shape index (κ1) is 21.1. The maximum absolute atomic E-state index is 12.7. The fraction of sp³-hybridized carbons (Fsp3) is 0.0385. The summed E-state index contributed by atoms with van der Waals surface area (Å²) in [7, 11) is 0. The Labute approximate surface area is 198 Å². The van der Waals surface area contributed by atoms with Crippen LogP contribution in [0.2, 0.25) is 5.02 Å². The van der Waals surface area contributed by atoms with Crippen LogP contribution in [0.1, 0.15) is 11.1 Å². The molecule has 7 heteroatoms. The normalized spacial score (nSPS) is 10.9. The summed E-state index contributed by atoms with van der Waals surface area (Å²) >= 11 is 7.57. The predicted octanol–water partition coefficient (Wildman–Crippen LogP) is 6.46. The molecular formula is C26H16ClN3O2S. The van der Waals surface area contributed by atoms with Crippen molar-refractivity contribution in [2.45, 2.75) is 10.9 Å². The summed E-state index contributed by atoms with van der Waals surface area (Å²) in [4.78, 5) is 17.5. The van der Waals surface area contributed by atoms with Crippen LogP contribution in [0.15, 0.2) is 99.4 Å². The van der Waals surface area contributed by atoms with Gasteiger partial charge in [0.25, 0.3) is 0 Å². The molecule has 3 aromatic carbocycles. The average molecular weight is 470 g/mol. The average Bonchev–Trinajstić information content (AvgIpc) is 3.27. The molecule has 2 aromatic heterocycles. The first-order valence-corrected chi connectivity index (χ1v) is 11.5. The van der Waals surface area contributed by atoms with Crippen molar-refractivity contribution in [3.05, 3.63) is 112 Å². The zero-order valence-corrected chi connectivity index (χ0v) is 18.8.